The minimum absolute atomic E-state index is 0.0294. The van der Waals surface area contributed by atoms with Gasteiger partial charge in [0.1, 0.15) is 22.1 Å². The molecule has 10 nitrogen and oxygen atoms in total. The smallest absolute Gasteiger partial charge is 0.263 e. The molecular formula is C25H18Cl2FN7O3S. The maximum Gasteiger partial charge on any atom is 0.263 e. The maximum absolute atomic E-state index is 15.2. The number of nitrogens with one attached hydrogen (secondary N) is 2. The van der Waals surface area contributed by atoms with Crippen molar-refractivity contribution < 1.29 is 17.6 Å². The van der Waals surface area contributed by atoms with E-state index < -0.39 is 21.7 Å². The van der Waals surface area contributed by atoms with Crippen molar-refractivity contribution in [1.82, 2.24) is 24.9 Å². The van der Waals surface area contributed by atoms with Gasteiger partial charge in [0.05, 0.1) is 34.2 Å². The Bertz CT molecular complexity index is 1830. The van der Waals surface area contributed by atoms with Crippen LogP contribution in [0.4, 0.5) is 15.9 Å². The number of pyridine rings is 1. The SMILES string of the molecule is Nc1c(-c2ccc(NS(=O)(=O)c3cccc(Cl)c3Cl)cc2F)cnc2c(C(=O)NCc3ccccn3)cnn12. The predicted molar refractivity (Wildman–Crippen MR) is 145 cm³/mol. The average Bonchev–Trinajstić information content (AvgIpc) is 3.35. The van der Waals surface area contributed by atoms with Crippen LogP contribution in [0.25, 0.3) is 16.8 Å². The molecule has 4 N–H and O–H groups in total. The summed E-state index contributed by atoms with van der Waals surface area (Å²) >= 11 is 11.9. The van der Waals surface area contributed by atoms with Crippen LogP contribution in [0, 0.1) is 5.82 Å². The fraction of sp³-hybridized carbons (Fsp3) is 0.0400. The Hall–Kier alpha value is -4.26. The number of nitrogens with two attached hydrogens (primary N) is 1. The second-order valence-electron chi connectivity index (χ2n) is 8.21. The normalized spacial score (nSPS) is 11.5. The molecule has 0 atom stereocenters. The van der Waals surface area contributed by atoms with Gasteiger partial charge in [0.25, 0.3) is 15.9 Å². The summed E-state index contributed by atoms with van der Waals surface area (Å²) in [6, 6.07) is 13.2. The zero-order valence-corrected chi connectivity index (χ0v) is 22.1. The second-order valence-corrected chi connectivity index (χ2v) is 10.6. The zero-order chi connectivity index (χ0) is 27.7. The van der Waals surface area contributed by atoms with Gasteiger partial charge in [0, 0.05) is 23.5 Å². The number of benzene rings is 2. The Morgan fingerprint density at radius 3 is 2.59 bits per heavy atom. The highest BCUT2D eigenvalue weighted by molar-refractivity contribution is 7.92. The van der Waals surface area contributed by atoms with Gasteiger partial charge < -0.3 is 11.1 Å². The van der Waals surface area contributed by atoms with Gasteiger partial charge >= 0.3 is 0 Å². The van der Waals surface area contributed by atoms with Crippen molar-refractivity contribution in [2.24, 2.45) is 0 Å². The van der Waals surface area contributed by atoms with Crippen LogP contribution >= 0.6 is 23.2 Å². The number of hydrogen-bond donors (Lipinski definition) is 3. The number of aromatic nitrogens is 4. The molecule has 39 heavy (non-hydrogen) atoms. The lowest BCUT2D eigenvalue weighted by molar-refractivity contribution is 0.0952. The van der Waals surface area contributed by atoms with Crippen LogP contribution in [-0.4, -0.2) is 33.9 Å². The summed E-state index contributed by atoms with van der Waals surface area (Å²) in [5, 5.41) is 6.79. The molecule has 3 heterocycles. The molecule has 0 saturated carbocycles. The summed E-state index contributed by atoms with van der Waals surface area (Å²) in [6.45, 7) is 0.204. The lowest BCUT2D eigenvalue weighted by Gasteiger charge is -2.12. The first-order chi connectivity index (χ1) is 18.7. The van der Waals surface area contributed by atoms with E-state index in [1.807, 2.05) is 6.07 Å². The Labute approximate surface area is 231 Å². The summed E-state index contributed by atoms with van der Waals surface area (Å²) < 4.78 is 44.2. The van der Waals surface area contributed by atoms with Crippen LogP contribution in [0.1, 0.15) is 16.1 Å². The predicted octanol–water partition coefficient (Wildman–Crippen LogP) is 4.55. The highest BCUT2D eigenvalue weighted by Crippen LogP contribution is 2.33. The van der Waals surface area contributed by atoms with E-state index in [0.29, 0.717) is 5.69 Å². The minimum atomic E-state index is -4.15. The number of sulfonamides is 1. The molecular weight excluding hydrogens is 568 g/mol. The van der Waals surface area contributed by atoms with Gasteiger partial charge in [-0.1, -0.05) is 35.3 Å². The van der Waals surface area contributed by atoms with Gasteiger partial charge in [-0.2, -0.15) is 9.61 Å². The van der Waals surface area contributed by atoms with Crippen LogP contribution in [0.5, 0.6) is 0 Å². The Morgan fingerprint density at radius 2 is 1.85 bits per heavy atom. The number of nitrogens with zero attached hydrogens (tertiary/aromatic N) is 4. The monoisotopic (exact) mass is 585 g/mol. The highest BCUT2D eigenvalue weighted by atomic mass is 35.5. The first kappa shape index (κ1) is 26.4. The Morgan fingerprint density at radius 1 is 1.03 bits per heavy atom. The number of hydrogen-bond acceptors (Lipinski definition) is 7. The van der Waals surface area contributed by atoms with Crippen molar-refractivity contribution in [1.29, 1.82) is 0 Å². The van der Waals surface area contributed by atoms with E-state index in [1.165, 1.54) is 47.2 Å². The molecule has 0 aliphatic rings. The second kappa shape index (κ2) is 10.5. The van der Waals surface area contributed by atoms with Gasteiger partial charge in [-0.05, 0) is 42.5 Å². The van der Waals surface area contributed by atoms with Gasteiger partial charge in [-0.15, -0.1) is 0 Å². The lowest BCUT2D eigenvalue weighted by Crippen LogP contribution is -2.23. The number of amides is 1. The molecule has 5 aromatic rings. The van der Waals surface area contributed by atoms with Crippen molar-refractivity contribution in [3.63, 3.8) is 0 Å². The summed E-state index contributed by atoms with van der Waals surface area (Å²) in [4.78, 5) is 20.9. The fourth-order valence-electron chi connectivity index (χ4n) is 3.78. The van der Waals surface area contributed by atoms with Crippen molar-refractivity contribution in [2.45, 2.75) is 11.4 Å². The van der Waals surface area contributed by atoms with E-state index in [9.17, 15) is 13.2 Å². The molecule has 0 radical (unpaired) electrons. The third-order valence-corrected chi connectivity index (χ3v) is 8.04. The Kier molecular flexibility index (Phi) is 7.08. The molecule has 0 aliphatic carbocycles. The first-order valence-electron chi connectivity index (χ1n) is 11.2. The van der Waals surface area contributed by atoms with Gasteiger partial charge in [0.15, 0.2) is 5.65 Å². The standard InChI is InChI=1S/C25H18Cl2FN7O3S/c26-19-5-3-6-21(22(19)27)39(37,38)34-14-7-8-16(20(28)10-14)17-12-31-24-18(13-33-35(24)23(17)29)25(36)32-11-15-4-1-2-9-30-15/h1-10,12-13,34H,11,29H2,(H,32,36). The number of anilines is 2. The van der Waals surface area contributed by atoms with Crippen molar-refractivity contribution in [2.75, 3.05) is 10.5 Å². The number of carbonyl (C=O) groups excluding carboxylic acids is 1. The van der Waals surface area contributed by atoms with E-state index >= 15 is 4.39 Å². The van der Waals surface area contributed by atoms with Crippen LogP contribution in [0.2, 0.25) is 10.0 Å². The number of halogens is 3. The molecule has 198 valence electrons. The number of nitrogen functional groups attached to an aromatic ring is 1. The number of carbonyl (C=O) groups is 1. The molecule has 0 fully saturated rings. The number of fused-ring (bicyclic) bond motifs is 1. The van der Waals surface area contributed by atoms with E-state index in [-0.39, 0.29) is 55.3 Å². The summed E-state index contributed by atoms with van der Waals surface area (Å²) in [6.07, 6.45) is 4.25. The molecule has 0 saturated heterocycles. The van der Waals surface area contributed by atoms with E-state index in [1.54, 1.807) is 18.3 Å². The quantitative estimate of drug-likeness (QED) is 0.254. The van der Waals surface area contributed by atoms with E-state index in [2.05, 4.69) is 25.1 Å². The molecule has 0 spiro atoms. The van der Waals surface area contributed by atoms with E-state index in [4.69, 9.17) is 28.9 Å². The molecule has 0 unspecified atom stereocenters. The molecule has 0 bridgehead atoms. The molecule has 14 heteroatoms. The molecule has 5 rings (SSSR count). The maximum atomic E-state index is 15.2. The Balaban J connectivity index is 1.40. The third-order valence-electron chi connectivity index (χ3n) is 5.68. The summed E-state index contributed by atoms with van der Waals surface area (Å²) in [7, 11) is -4.15. The fourth-order valence-corrected chi connectivity index (χ4v) is 5.60. The largest absolute Gasteiger partial charge is 0.383 e. The van der Waals surface area contributed by atoms with Gasteiger partial charge in [-0.25, -0.2) is 17.8 Å². The summed E-state index contributed by atoms with van der Waals surface area (Å²) in [5.41, 5.74) is 7.47. The molecule has 2 aromatic carbocycles. The minimum Gasteiger partial charge on any atom is -0.383 e. The molecule has 0 aliphatic heterocycles. The molecule has 1 amide bonds. The highest BCUT2D eigenvalue weighted by Gasteiger charge is 2.22. The topological polar surface area (TPSA) is 144 Å². The van der Waals surface area contributed by atoms with Crippen LogP contribution in [-0.2, 0) is 16.6 Å². The van der Waals surface area contributed by atoms with Crippen molar-refractivity contribution in [3.8, 4) is 11.1 Å². The van der Waals surface area contributed by atoms with Gasteiger partial charge in [0.2, 0.25) is 0 Å². The van der Waals surface area contributed by atoms with Crippen LogP contribution < -0.4 is 15.8 Å². The first-order valence-corrected chi connectivity index (χ1v) is 13.5. The average molecular weight is 586 g/mol. The van der Waals surface area contributed by atoms with Crippen LogP contribution in [0.15, 0.2) is 78.1 Å². The third kappa shape index (κ3) is 5.21. The van der Waals surface area contributed by atoms with Crippen molar-refractivity contribution in [3.05, 3.63) is 100 Å². The molecule has 3 aromatic heterocycles. The van der Waals surface area contributed by atoms with Gasteiger partial charge in [-0.3, -0.25) is 14.5 Å². The summed E-state index contributed by atoms with van der Waals surface area (Å²) in [5.74, 6) is -1.18. The van der Waals surface area contributed by atoms with Crippen LogP contribution in [0.3, 0.4) is 0 Å². The zero-order valence-electron chi connectivity index (χ0n) is 19.8. The van der Waals surface area contributed by atoms with E-state index in [0.717, 1.165) is 6.07 Å². The number of rotatable bonds is 7. The van der Waals surface area contributed by atoms with Crippen molar-refractivity contribution >= 4 is 56.3 Å². The lowest BCUT2D eigenvalue weighted by atomic mass is 10.1.